The van der Waals surface area contributed by atoms with Gasteiger partial charge < -0.3 is 0 Å². The second-order valence-corrected chi connectivity index (χ2v) is 19.7. The summed E-state index contributed by atoms with van der Waals surface area (Å²) in [5, 5.41) is 1.06. The summed E-state index contributed by atoms with van der Waals surface area (Å²) in [6, 6.07) is 40.6. The second-order valence-electron chi connectivity index (χ2n) is 9.67. The monoisotopic (exact) mass is 532 g/mol. The molecule has 1 unspecified atom stereocenters. The standard InChI is InChI=1S/C30H30BrPS/c1-23-14-10-13-21-28(23)32(31,24-15-6-4-7-16-24,25-17-8-5-9-18-25)29-26-19-11-12-20-27(26)30(2,3)22-33-29/h4-21,29H,22H2,1-3H3. The van der Waals surface area contributed by atoms with Crippen LogP contribution in [0.3, 0.4) is 0 Å². The van der Waals surface area contributed by atoms with Crippen molar-refractivity contribution in [2.75, 3.05) is 5.75 Å². The number of halogens is 1. The van der Waals surface area contributed by atoms with Crippen molar-refractivity contribution in [3.05, 3.63) is 126 Å². The van der Waals surface area contributed by atoms with E-state index in [1.807, 2.05) is 0 Å². The zero-order valence-corrected chi connectivity index (χ0v) is 22.7. The maximum atomic E-state index is 4.75. The molecule has 1 atom stereocenters. The molecular weight excluding hydrogens is 503 g/mol. The van der Waals surface area contributed by atoms with Crippen molar-refractivity contribution in [1.29, 1.82) is 0 Å². The molecule has 0 aromatic heterocycles. The van der Waals surface area contributed by atoms with E-state index in [1.165, 1.54) is 32.6 Å². The van der Waals surface area contributed by atoms with Crippen molar-refractivity contribution < 1.29 is 0 Å². The van der Waals surface area contributed by atoms with E-state index in [2.05, 4.69) is 142 Å². The average molecular weight is 534 g/mol. The summed E-state index contributed by atoms with van der Waals surface area (Å²) in [6.45, 7) is 7.04. The van der Waals surface area contributed by atoms with Gasteiger partial charge in [0.25, 0.3) is 0 Å². The molecule has 5 rings (SSSR count). The molecule has 0 fully saturated rings. The van der Waals surface area contributed by atoms with Gasteiger partial charge in [0.05, 0.1) is 0 Å². The van der Waals surface area contributed by atoms with Crippen LogP contribution >= 0.6 is 32.6 Å². The van der Waals surface area contributed by atoms with E-state index in [0.29, 0.717) is 0 Å². The number of fused-ring (bicyclic) bond motifs is 1. The van der Waals surface area contributed by atoms with E-state index in [1.54, 1.807) is 0 Å². The summed E-state index contributed by atoms with van der Waals surface area (Å²) < 4.78 is 0. The number of hydrogen-bond donors (Lipinski definition) is 0. The van der Waals surface area contributed by atoms with Crippen LogP contribution in [-0.4, -0.2) is 5.75 Å². The Kier molecular flexibility index (Phi) is 5.84. The zero-order chi connectivity index (χ0) is 23.1. The number of rotatable bonds is 4. The maximum absolute atomic E-state index is 4.75. The van der Waals surface area contributed by atoms with Crippen LogP contribution in [0, 0.1) is 6.92 Å². The van der Waals surface area contributed by atoms with Gasteiger partial charge >= 0.3 is 211 Å². The van der Waals surface area contributed by atoms with Crippen molar-refractivity contribution in [3.63, 3.8) is 0 Å². The van der Waals surface area contributed by atoms with Gasteiger partial charge in [-0.2, -0.15) is 0 Å². The van der Waals surface area contributed by atoms with Gasteiger partial charge in [-0.05, 0) is 0 Å². The van der Waals surface area contributed by atoms with E-state index in [-0.39, 0.29) is 10.4 Å². The van der Waals surface area contributed by atoms with Crippen molar-refractivity contribution in [2.45, 2.75) is 31.2 Å². The molecule has 1 aliphatic rings. The first-order chi connectivity index (χ1) is 15.9. The Morgan fingerprint density at radius 2 is 1.24 bits per heavy atom. The Morgan fingerprint density at radius 1 is 0.727 bits per heavy atom. The molecule has 0 saturated heterocycles. The number of aryl methyl sites for hydroxylation is 1. The summed E-state index contributed by atoms with van der Waals surface area (Å²) >= 11 is 6.87. The van der Waals surface area contributed by atoms with Crippen LogP contribution in [0.1, 0.15) is 35.5 Å². The minimum atomic E-state index is -3.14. The Balaban J connectivity index is 1.98. The summed E-state index contributed by atoms with van der Waals surface area (Å²) in [7, 11) is 0. The quantitative estimate of drug-likeness (QED) is 0.241. The predicted molar refractivity (Wildman–Crippen MR) is 153 cm³/mol. The number of thioether (sulfide) groups is 1. The molecule has 0 radical (unpaired) electrons. The SMILES string of the molecule is Cc1ccccc1P(Br)(c1ccccc1)(c1ccccc1)C1SCC(C)(C)c2ccccc21. The summed E-state index contributed by atoms with van der Waals surface area (Å²) in [5.74, 6) is 1.09. The van der Waals surface area contributed by atoms with Crippen LogP contribution in [0.15, 0.2) is 109 Å². The summed E-state index contributed by atoms with van der Waals surface area (Å²) in [6.07, 6.45) is 0. The molecule has 33 heavy (non-hydrogen) atoms. The Morgan fingerprint density at radius 3 is 1.85 bits per heavy atom. The first-order valence-electron chi connectivity index (χ1n) is 11.5. The van der Waals surface area contributed by atoms with Crippen LogP contribution in [0.4, 0.5) is 0 Å². The second kappa shape index (κ2) is 8.42. The molecule has 0 amide bonds. The van der Waals surface area contributed by atoms with Crippen LogP contribution < -0.4 is 15.9 Å². The molecule has 0 nitrogen and oxygen atoms in total. The molecular formula is C30H30BrPS. The minimum absolute atomic E-state index is 0.138. The van der Waals surface area contributed by atoms with Crippen LogP contribution in [0.25, 0.3) is 0 Å². The fraction of sp³-hybridized carbons (Fsp3) is 0.200. The molecule has 0 aliphatic carbocycles. The Bertz CT molecular complexity index is 1240. The van der Waals surface area contributed by atoms with E-state index in [0.717, 1.165) is 5.75 Å². The molecule has 4 aromatic carbocycles. The zero-order valence-electron chi connectivity index (χ0n) is 19.4. The van der Waals surface area contributed by atoms with Gasteiger partial charge in [-0.15, -0.1) is 0 Å². The van der Waals surface area contributed by atoms with Crippen molar-refractivity contribution in [1.82, 2.24) is 0 Å². The normalized spacial score (nSPS) is 18.7. The molecule has 1 heterocycles. The molecule has 168 valence electrons. The van der Waals surface area contributed by atoms with E-state index in [4.69, 9.17) is 15.5 Å². The van der Waals surface area contributed by atoms with Crippen molar-refractivity contribution >= 4 is 48.5 Å². The van der Waals surface area contributed by atoms with Gasteiger partial charge in [0.2, 0.25) is 0 Å². The van der Waals surface area contributed by atoms with Crippen LogP contribution in [0.2, 0.25) is 0 Å². The third-order valence-corrected chi connectivity index (χ3v) is 21.1. The first-order valence-corrected chi connectivity index (χ1v) is 16.9. The fourth-order valence-corrected chi connectivity index (χ4v) is 18.4. The van der Waals surface area contributed by atoms with Gasteiger partial charge in [0.1, 0.15) is 0 Å². The van der Waals surface area contributed by atoms with Crippen LogP contribution in [0.5, 0.6) is 0 Å². The third kappa shape index (κ3) is 3.37. The molecule has 0 bridgehead atoms. The topological polar surface area (TPSA) is 0 Å². The van der Waals surface area contributed by atoms with Crippen LogP contribution in [-0.2, 0) is 5.41 Å². The van der Waals surface area contributed by atoms with Gasteiger partial charge in [-0.3, -0.25) is 0 Å². The molecule has 1 aliphatic heterocycles. The van der Waals surface area contributed by atoms with Gasteiger partial charge in [0, 0.05) is 0 Å². The summed E-state index contributed by atoms with van der Waals surface area (Å²) in [4.78, 5) is 0.270. The van der Waals surface area contributed by atoms with E-state index in [9.17, 15) is 0 Å². The molecule has 0 spiro atoms. The predicted octanol–water partition coefficient (Wildman–Crippen LogP) is 7.86. The third-order valence-electron chi connectivity index (χ3n) is 7.11. The number of hydrogen-bond acceptors (Lipinski definition) is 1. The Labute approximate surface area is 210 Å². The van der Waals surface area contributed by atoms with Gasteiger partial charge in [0.15, 0.2) is 0 Å². The molecule has 0 N–H and O–H groups in total. The Hall–Kier alpha value is -1.86. The van der Waals surface area contributed by atoms with Gasteiger partial charge in [-0.1, -0.05) is 0 Å². The number of benzene rings is 4. The van der Waals surface area contributed by atoms with Crippen molar-refractivity contribution in [3.8, 4) is 0 Å². The molecule has 3 heteroatoms. The van der Waals surface area contributed by atoms with E-state index >= 15 is 0 Å². The fourth-order valence-electron chi connectivity index (χ4n) is 5.50. The first kappa shape index (κ1) is 22.9. The average Bonchev–Trinajstić information content (AvgIpc) is 2.85. The van der Waals surface area contributed by atoms with Gasteiger partial charge in [-0.25, -0.2) is 0 Å². The molecule has 4 aromatic rings. The van der Waals surface area contributed by atoms with E-state index < -0.39 is 5.31 Å². The van der Waals surface area contributed by atoms with Crippen molar-refractivity contribution in [2.24, 2.45) is 0 Å². The molecule has 0 saturated carbocycles. The summed E-state index contributed by atoms with van der Waals surface area (Å²) in [5.41, 5.74) is 4.41.